The lowest BCUT2D eigenvalue weighted by Crippen LogP contribution is -2.50. The van der Waals surface area contributed by atoms with E-state index in [4.69, 9.17) is 0 Å². The molecule has 1 aromatic carbocycles. The molecule has 158 valence electrons. The molecule has 3 heterocycles. The number of aryl methyl sites for hydroxylation is 2. The van der Waals surface area contributed by atoms with Gasteiger partial charge in [0.15, 0.2) is 0 Å². The van der Waals surface area contributed by atoms with Crippen LogP contribution in [-0.4, -0.2) is 60.4 Å². The van der Waals surface area contributed by atoms with E-state index in [1.807, 2.05) is 30.0 Å². The van der Waals surface area contributed by atoms with Crippen molar-refractivity contribution in [1.29, 1.82) is 0 Å². The van der Waals surface area contributed by atoms with E-state index in [1.165, 1.54) is 6.26 Å². The number of rotatable bonds is 3. The van der Waals surface area contributed by atoms with Crippen LogP contribution in [0.3, 0.4) is 0 Å². The van der Waals surface area contributed by atoms with Crippen LogP contribution in [0.15, 0.2) is 18.2 Å². The predicted octanol–water partition coefficient (Wildman–Crippen LogP) is 3.45. The molecular formula is C22H31N3O3S. The smallest absolute Gasteiger partial charge is 0.254 e. The van der Waals surface area contributed by atoms with Gasteiger partial charge in [0.1, 0.15) is 0 Å². The van der Waals surface area contributed by atoms with Gasteiger partial charge in [-0.3, -0.25) is 4.79 Å². The van der Waals surface area contributed by atoms with Crippen LogP contribution in [0.1, 0.15) is 53.7 Å². The summed E-state index contributed by atoms with van der Waals surface area (Å²) < 4.78 is 26.1. The molecule has 2 saturated heterocycles. The van der Waals surface area contributed by atoms with E-state index in [1.54, 1.807) is 4.31 Å². The summed E-state index contributed by atoms with van der Waals surface area (Å²) in [5.41, 5.74) is 3.99. The summed E-state index contributed by atoms with van der Waals surface area (Å²) in [4.78, 5) is 18.6. The second-order valence-corrected chi connectivity index (χ2v) is 10.6. The van der Waals surface area contributed by atoms with Gasteiger partial charge in [-0.05, 0) is 63.1 Å². The molecule has 0 bridgehead atoms. The maximum Gasteiger partial charge on any atom is 0.254 e. The first-order valence-corrected chi connectivity index (χ1v) is 12.5. The van der Waals surface area contributed by atoms with Crippen molar-refractivity contribution >= 4 is 26.8 Å². The number of benzene rings is 1. The Morgan fingerprint density at radius 3 is 2.48 bits per heavy atom. The largest absolute Gasteiger partial charge is 0.358 e. The third-order valence-electron chi connectivity index (χ3n) is 6.85. The first-order valence-electron chi connectivity index (χ1n) is 10.6. The molecule has 0 spiro atoms. The van der Waals surface area contributed by atoms with E-state index >= 15 is 0 Å². The van der Waals surface area contributed by atoms with E-state index in [2.05, 4.69) is 11.9 Å². The molecule has 0 radical (unpaired) electrons. The summed E-state index contributed by atoms with van der Waals surface area (Å²) in [6, 6.07) is 5.96. The number of fused-ring (bicyclic) bond motifs is 1. The molecule has 0 unspecified atom stereocenters. The van der Waals surface area contributed by atoms with Gasteiger partial charge in [-0.25, -0.2) is 8.42 Å². The third kappa shape index (κ3) is 3.82. The van der Waals surface area contributed by atoms with Gasteiger partial charge in [0.2, 0.25) is 10.0 Å². The van der Waals surface area contributed by atoms with Crippen LogP contribution >= 0.6 is 0 Å². The van der Waals surface area contributed by atoms with E-state index in [0.717, 1.165) is 59.8 Å². The van der Waals surface area contributed by atoms with Gasteiger partial charge in [0, 0.05) is 47.8 Å². The number of H-pyrrole nitrogens is 1. The van der Waals surface area contributed by atoms with Gasteiger partial charge in [-0.1, -0.05) is 12.5 Å². The fourth-order valence-corrected chi connectivity index (χ4v) is 6.42. The number of aromatic nitrogens is 1. The van der Waals surface area contributed by atoms with Crippen molar-refractivity contribution in [1.82, 2.24) is 14.2 Å². The quantitative estimate of drug-likeness (QED) is 0.831. The zero-order chi connectivity index (χ0) is 20.8. The van der Waals surface area contributed by atoms with Crippen LogP contribution in [0.5, 0.6) is 0 Å². The Bertz CT molecular complexity index is 1020. The molecule has 4 rings (SSSR count). The van der Waals surface area contributed by atoms with Gasteiger partial charge in [-0.15, -0.1) is 0 Å². The highest BCUT2D eigenvalue weighted by atomic mass is 32.2. The number of carbonyl (C=O) groups is 1. The van der Waals surface area contributed by atoms with Crippen molar-refractivity contribution < 1.29 is 13.2 Å². The number of aromatic amines is 1. The predicted molar refractivity (Wildman–Crippen MR) is 116 cm³/mol. The number of piperidine rings is 2. The average molecular weight is 418 g/mol. The van der Waals surface area contributed by atoms with Crippen molar-refractivity contribution in [2.45, 2.75) is 52.0 Å². The summed E-state index contributed by atoms with van der Waals surface area (Å²) in [6.07, 6.45) is 6.02. The van der Waals surface area contributed by atoms with Crippen LogP contribution in [0, 0.1) is 19.8 Å². The minimum Gasteiger partial charge on any atom is -0.358 e. The molecule has 6 nitrogen and oxygen atoms in total. The Kier molecular flexibility index (Phi) is 5.46. The molecule has 29 heavy (non-hydrogen) atoms. The standard InChI is InChI=1S/C22H31N3O3S/c1-15-16(2)23-19-8-6-7-18(21(15)19)22(26)24-13-10-17(11-14-24)20-9-4-5-12-25(20)29(3,27)28/h6-8,17,20,23H,4-5,9-14H2,1-3H3/t20-/m1/s1. The summed E-state index contributed by atoms with van der Waals surface area (Å²) >= 11 is 0. The lowest BCUT2D eigenvalue weighted by molar-refractivity contribution is 0.0622. The number of carbonyl (C=O) groups excluding carboxylic acids is 1. The second-order valence-electron chi connectivity index (χ2n) is 8.67. The van der Waals surface area contributed by atoms with Crippen LogP contribution in [0.4, 0.5) is 0 Å². The van der Waals surface area contributed by atoms with E-state index in [9.17, 15) is 13.2 Å². The van der Waals surface area contributed by atoms with E-state index in [-0.39, 0.29) is 11.9 Å². The first kappa shape index (κ1) is 20.4. The zero-order valence-corrected chi connectivity index (χ0v) is 18.4. The molecule has 1 atom stereocenters. The minimum absolute atomic E-state index is 0.0831. The lowest BCUT2D eigenvalue weighted by Gasteiger charge is -2.42. The lowest BCUT2D eigenvalue weighted by atomic mass is 9.84. The molecule has 1 N–H and O–H groups in total. The maximum absolute atomic E-state index is 13.3. The van der Waals surface area contributed by atoms with Crippen LogP contribution in [0.2, 0.25) is 0 Å². The van der Waals surface area contributed by atoms with Gasteiger partial charge in [0.05, 0.1) is 6.26 Å². The molecule has 1 aromatic heterocycles. The summed E-state index contributed by atoms with van der Waals surface area (Å²) in [7, 11) is -3.17. The highest BCUT2D eigenvalue weighted by Gasteiger charge is 2.37. The highest BCUT2D eigenvalue weighted by molar-refractivity contribution is 7.88. The SMILES string of the molecule is Cc1[nH]c2cccc(C(=O)N3CCC([C@H]4CCCCN4S(C)(=O)=O)CC3)c2c1C. The van der Waals surface area contributed by atoms with Crippen molar-refractivity contribution in [3.63, 3.8) is 0 Å². The topological polar surface area (TPSA) is 73.5 Å². The van der Waals surface area contributed by atoms with Gasteiger partial charge < -0.3 is 9.88 Å². The Morgan fingerprint density at radius 1 is 1.07 bits per heavy atom. The molecular weight excluding hydrogens is 386 g/mol. The summed E-state index contributed by atoms with van der Waals surface area (Å²) in [5.74, 6) is 0.417. The van der Waals surface area contributed by atoms with Gasteiger partial charge in [-0.2, -0.15) is 4.31 Å². The fraction of sp³-hybridized carbons (Fsp3) is 0.591. The van der Waals surface area contributed by atoms with Crippen LogP contribution in [-0.2, 0) is 10.0 Å². The fourth-order valence-electron chi connectivity index (χ4n) is 5.19. The third-order valence-corrected chi connectivity index (χ3v) is 8.16. The first-order chi connectivity index (χ1) is 13.8. The van der Waals surface area contributed by atoms with Gasteiger partial charge in [0.25, 0.3) is 5.91 Å². The summed E-state index contributed by atoms with van der Waals surface area (Å²) in [6.45, 7) is 6.11. The van der Waals surface area contributed by atoms with Crippen molar-refractivity contribution in [3.05, 3.63) is 35.0 Å². The molecule has 7 heteroatoms. The van der Waals surface area contributed by atoms with Crippen molar-refractivity contribution in [2.24, 2.45) is 5.92 Å². The molecule has 2 aromatic rings. The van der Waals surface area contributed by atoms with Crippen molar-refractivity contribution in [3.8, 4) is 0 Å². The molecule has 1 amide bonds. The van der Waals surface area contributed by atoms with E-state index in [0.29, 0.717) is 25.6 Å². The normalized spacial score (nSPS) is 22.3. The molecule has 0 aliphatic carbocycles. The number of nitrogens with zero attached hydrogens (tertiary/aromatic N) is 2. The zero-order valence-electron chi connectivity index (χ0n) is 17.6. The monoisotopic (exact) mass is 417 g/mol. The summed E-state index contributed by atoms with van der Waals surface area (Å²) in [5, 5.41) is 1.02. The molecule has 0 saturated carbocycles. The Morgan fingerprint density at radius 2 is 1.79 bits per heavy atom. The van der Waals surface area contributed by atoms with Crippen LogP contribution < -0.4 is 0 Å². The maximum atomic E-state index is 13.3. The molecule has 2 aliphatic rings. The van der Waals surface area contributed by atoms with Gasteiger partial charge >= 0.3 is 0 Å². The number of sulfonamides is 1. The molecule has 2 fully saturated rings. The van der Waals surface area contributed by atoms with Crippen LogP contribution in [0.25, 0.3) is 10.9 Å². The number of hydrogen-bond donors (Lipinski definition) is 1. The number of amides is 1. The Hall–Kier alpha value is -1.86. The van der Waals surface area contributed by atoms with E-state index < -0.39 is 10.0 Å². The number of nitrogens with one attached hydrogen (secondary N) is 1. The molecule has 2 aliphatic heterocycles. The number of likely N-dealkylation sites (tertiary alicyclic amines) is 1. The van der Waals surface area contributed by atoms with Crippen molar-refractivity contribution in [2.75, 3.05) is 25.9 Å². The highest BCUT2D eigenvalue weighted by Crippen LogP contribution is 2.33. The average Bonchev–Trinajstić information content (AvgIpc) is 3.01. The Balaban J connectivity index is 1.49. The minimum atomic E-state index is -3.17. The Labute approximate surface area is 173 Å². The second kappa shape index (κ2) is 7.76. The number of hydrogen-bond acceptors (Lipinski definition) is 3.